The van der Waals surface area contributed by atoms with Gasteiger partial charge in [-0.2, -0.15) is 0 Å². The third kappa shape index (κ3) is 1.87. The Morgan fingerprint density at radius 2 is 2.43 bits per heavy atom. The zero-order valence-electron chi connectivity index (χ0n) is 8.11. The molecule has 1 aliphatic heterocycles. The van der Waals surface area contributed by atoms with Crippen LogP contribution in [-0.2, 0) is 4.79 Å². The molecule has 2 nitrogen and oxygen atoms in total. The lowest BCUT2D eigenvalue weighted by Gasteiger charge is -2.17. The number of nitrogens with two attached hydrogens (primary N) is 1. The minimum Gasteiger partial charge on any atom is -0.369 e. The molecule has 1 aliphatic carbocycles. The number of allylic oxidation sites excluding steroid dienone is 4. The highest BCUT2D eigenvalue weighted by molar-refractivity contribution is 8.03. The van der Waals surface area contributed by atoms with Crippen molar-refractivity contribution in [2.24, 2.45) is 17.6 Å². The normalized spacial score (nSPS) is 31.6. The van der Waals surface area contributed by atoms with E-state index in [1.54, 1.807) is 11.8 Å². The molecule has 0 radical (unpaired) electrons. The largest absolute Gasteiger partial charge is 0.369 e. The third-order valence-corrected chi connectivity index (χ3v) is 4.23. The van der Waals surface area contributed by atoms with Gasteiger partial charge in [0, 0.05) is 11.7 Å². The van der Waals surface area contributed by atoms with Crippen molar-refractivity contribution in [3.05, 3.63) is 23.1 Å². The van der Waals surface area contributed by atoms with Crippen molar-refractivity contribution in [2.75, 3.05) is 5.75 Å². The molecule has 2 N–H and O–H groups in total. The average molecular weight is 209 g/mol. The summed E-state index contributed by atoms with van der Waals surface area (Å²) in [4.78, 5) is 12.6. The highest BCUT2D eigenvalue weighted by Crippen LogP contribution is 2.43. The molecule has 2 aliphatic rings. The summed E-state index contributed by atoms with van der Waals surface area (Å²) in [6.45, 7) is 0. The summed E-state index contributed by atoms with van der Waals surface area (Å²) >= 11 is 1.79. The second-order valence-electron chi connectivity index (χ2n) is 3.85. The van der Waals surface area contributed by atoms with Gasteiger partial charge in [0.1, 0.15) is 0 Å². The Kier molecular flexibility index (Phi) is 2.96. The predicted octanol–water partition coefficient (Wildman–Crippen LogP) is 2.07. The van der Waals surface area contributed by atoms with Crippen molar-refractivity contribution in [2.45, 2.75) is 19.3 Å². The monoisotopic (exact) mass is 209 g/mol. The number of hydrogen-bond acceptors (Lipinski definition) is 2. The number of carbonyl (C=O) groups is 1. The molecule has 0 aromatic heterocycles. The van der Waals surface area contributed by atoms with Crippen molar-refractivity contribution >= 4 is 17.7 Å². The zero-order valence-corrected chi connectivity index (χ0v) is 8.93. The number of rotatable bonds is 1. The highest BCUT2D eigenvalue weighted by atomic mass is 32.2. The summed E-state index contributed by atoms with van der Waals surface area (Å²) in [5.41, 5.74) is 5.40. The maximum Gasteiger partial charge on any atom is 0.222 e. The summed E-state index contributed by atoms with van der Waals surface area (Å²) < 4.78 is 0. The maximum absolute atomic E-state index is 11.2. The Morgan fingerprint density at radius 3 is 3.21 bits per heavy atom. The first-order valence-corrected chi connectivity index (χ1v) is 6.06. The van der Waals surface area contributed by atoms with Crippen LogP contribution in [0.1, 0.15) is 19.3 Å². The number of thioether (sulfide) groups is 1. The minimum atomic E-state index is -0.129. The van der Waals surface area contributed by atoms with Gasteiger partial charge >= 0.3 is 0 Å². The molecule has 0 aromatic carbocycles. The van der Waals surface area contributed by atoms with Gasteiger partial charge in [0.05, 0.1) is 5.92 Å². The molecule has 0 bridgehead atoms. The highest BCUT2D eigenvalue weighted by Gasteiger charge is 2.35. The smallest absolute Gasteiger partial charge is 0.222 e. The van der Waals surface area contributed by atoms with Gasteiger partial charge in [-0.05, 0) is 24.2 Å². The van der Waals surface area contributed by atoms with Gasteiger partial charge < -0.3 is 5.73 Å². The molecule has 0 spiro atoms. The summed E-state index contributed by atoms with van der Waals surface area (Å²) in [6, 6.07) is 0. The fourth-order valence-electron chi connectivity index (χ4n) is 2.12. The molecule has 2 unspecified atom stereocenters. The molecule has 1 amide bonds. The molecule has 1 fully saturated rings. The number of hydrogen-bond donors (Lipinski definition) is 1. The molecular weight excluding hydrogens is 194 g/mol. The summed E-state index contributed by atoms with van der Waals surface area (Å²) in [6.07, 6.45) is 9.85. The lowest BCUT2D eigenvalue weighted by atomic mass is 9.87. The number of fused-ring (bicyclic) bond motifs is 1. The molecular formula is C11H15NOS. The van der Waals surface area contributed by atoms with Crippen LogP contribution in [-0.4, -0.2) is 11.7 Å². The van der Waals surface area contributed by atoms with Gasteiger partial charge in [0.2, 0.25) is 5.91 Å². The van der Waals surface area contributed by atoms with Crippen LogP contribution in [0, 0.1) is 11.8 Å². The molecule has 0 aromatic rings. The zero-order chi connectivity index (χ0) is 9.97. The van der Waals surface area contributed by atoms with E-state index in [2.05, 4.69) is 18.2 Å². The van der Waals surface area contributed by atoms with Crippen LogP contribution in [0.15, 0.2) is 23.1 Å². The first-order chi connectivity index (χ1) is 6.79. The van der Waals surface area contributed by atoms with E-state index in [9.17, 15) is 4.79 Å². The first kappa shape index (κ1) is 9.84. The van der Waals surface area contributed by atoms with E-state index in [4.69, 9.17) is 5.73 Å². The molecule has 3 heteroatoms. The van der Waals surface area contributed by atoms with E-state index in [0.29, 0.717) is 5.92 Å². The Morgan fingerprint density at radius 1 is 1.57 bits per heavy atom. The van der Waals surface area contributed by atoms with E-state index in [-0.39, 0.29) is 11.8 Å². The van der Waals surface area contributed by atoms with E-state index in [0.717, 1.165) is 18.6 Å². The van der Waals surface area contributed by atoms with Crippen LogP contribution in [0.3, 0.4) is 0 Å². The molecule has 2 rings (SSSR count). The first-order valence-electron chi connectivity index (χ1n) is 5.08. The quantitative estimate of drug-likeness (QED) is 0.718. The fourth-order valence-corrected chi connectivity index (χ4v) is 3.56. The average Bonchev–Trinajstić information content (AvgIpc) is 2.47. The Hall–Kier alpha value is -0.700. The van der Waals surface area contributed by atoms with Gasteiger partial charge in [0.15, 0.2) is 0 Å². The van der Waals surface area contributed by atoms with Crippen LogP contribution >= 0.6 is 11.8 Å². The van der Waals surface area contributed by atoms with E-state index in [1.807, 2.05) is 0 Å². The lowest BCUT2D eigenvalue weighted by Crippen LogP contribution is -2.28. The molecule has 1 heterocycles. The Balaban J connectivity index is 2.19. The standard InChI is InChI=1S/C11H15NOS/c12-11(13)9-7-14-10-6-4-2-1-3-5-8(9)10/h2,4,6,8-9H,1,3,5,7H2,(H2,12,13). The molecule has 1 saturated heterocycles. The maximum atomic E-state index is 11.2. The van der Waals surface area contributed by atoms with Gasteiger partial charge in [0.25, 0.3) is 0 Å². The summed E-state index contributed by atoms with van der Waals surface area (Å²) in [5.74, 6) is 1.22. The predicted molar refractivity (Wildman–Crippen MR) is 59.7 cm³/mol. The molecule has 14 heavy (non-hydrogen) atoms. The SMILES string of the molecule is NC(=O)C1CSC2=CC=CCCCC21. The number of carbonyl (C=O) groups excluding carboxylic acids is 1. The number of amides is 1. The Bertz CT molecular complexity index is 296. The summed E-state index contributed by atoms with van der Waals surface area (Å²) in [5, 5.41) is 0. The van der Waals surface area contributed by atoms with E-state index in [1.165, 1.54) is 11.3 Å². The van der Waals surface area contributed by atoms with Crippen molar-refractivity contribution in [3.63, 3.8) is 0 Å². The van der Waals surface area contributed by atoms with Crippen LogP contribution < -0.4 is 5.73 Å². The second-order valence-corrected chi connectivity index (χ2v) is 4.95. The fraction of sp³-hybridized carbons (Fsp3) is 0.545. The number of primary amides is 1. The van der Waals surface area contributed by atoms with Crippen molar-refractivity contribution in [1.29, 1.82) is 0 Å². The van der Waals surface area contributed by atoms with Gasteiger partial charge in [-0.15, -0.1) is 11.8 Å². The second kappa shape index (κ2) is 4.22. The van der Waals surface area contributed by atoms with Crippen molar-refractivity contribution in [3.8, 4) is 0 Å². The van der Waals surface area contributed by atoms with Crippen molar-refractivity contribution < 1.29 is 4.79 Å². The minimum absolute atomic E-state index is 0.0674. The van der Waals surface area contributed by atoms with Gasteiger partial charge in [-0.3, -0.25) is 4.79 Å². The lowest BCUT2D eigenvalue weighted by molar-refractivity contribution is -0.122. The van der Waals surface area contributed by atoms with Gasteiger partial charge in [-0.1, -0.05) is 18.2 Å². The topological polar surface area (TPSA) is 43.1 Å². The van der Waals surface area contributed by atoms with Crippen molar-refractivity contribution in [1.82, 2.24) is 0 Å². The molecule has 76 valence electrons. The third-order valence-electron chi connectivity index (χ3n) is 2.93. The van der Waals surface area contributed by atoms with Crippen LogP contribution in [0.4, 0.5) is 0 Å². The summed E-state index contributed by atoms with van der Waals surface area (Å²) in [7, 11) is 0. The van der Waals surface area contributed by atoms with Gasteiger partial charge in [-0.25, -0.2) is 0 Å². The van der Waals surface area contributed by atoms with E-state index >= 15 is 0 Å². The van der Waals surface area contributed by atoms with Crippen LogP contribution in [0.2, 0.25) is 0 Å². The van der Waals surface area contributed by atoms with Crippen LogP contribution in [0.5, 0.6) is 0 Å². The Labute approximate surface area is 88.6 Å². The van der Waals surface area contributed by atoms with Crippen LogP contribution in [0.25, 0.3) is 0 Å². The van der Waals surface area contributed by atoms with E-state index < -0.39 is 0 Å². The molecule has 2 atom stereocenters. The molecule has 0 saturated carbocycles.